The van der Waals surface area contributed by atoms with Crippen molar-refractivity contribution < 1.29 is 4.92 Å². The fourth-order valence-corrected chi connectivity index (χ4v) is 1.78. The second kappa shape index (κ2) is 5.48. The number of nitrogens with one attached hydrogen (secondary N) is 1. The van der Waals surface area contributed by atoms with Crippen molar-refractivity contribution >= 4 is 11.5 Å². The van der Waals surface area contributed by atoms with E-state index in [4.69, 9.17) is 0 Å². The average molecular weight is 257 g/mol. The van der Waals surface area contributed by atoms with E-state index in [0.29, 0.717) is 11.5 Å². The molecular weight excluding hydrogens is 242 g/mol. The van der Waals surface area contributed by atoms with Gasteiger partial charge in [0.25, 0.3) is 5.69 Å². The molecule has 2 rings (SSSR count). The Morgan fingerprint density at radius 2 is 1.84 bits per heavy atom. The van der Waals surface area contributed by atoms with E-state index in [0.717, 1.165) is 5.56 Å². The Hall–Kier alpha value is -2.43. The minimum Gasteiger partial charge on any atom is -0.368 e. The molecule has 0 fully saturated rings. The molecule has 1 aromatic heterocycles. The lowest BCUT2D eigenvalue weighted by atomic mass is 10.1. The van der Waals surface area contributed by atoms with Crippen LogP contribution in [-0.2, 0) is 0 Å². The van der Waals surface area contributed by atoms with E-state index in [1.807, 2.05) is 44.2 Å². The van der Waals surface area contributed by atoms with E-state index < -0.39 is 4.92 Å². The quantitative estimate of drug-likeness (QED) is 0.672. The van der Waals surface area contributed by atoms with Crippen molar-refractivity contribution in [1.29, 1.82) is 0 Å². The molecule has 0 unspecified atom stereocenters. The van der Waals surface area contributed by atoms with E-state index in [1.54, 1.807) is 6.07 Å². The molecule has 1 N–H and O–H groups in total. The molecule has 2 aromatic rings. The van der Waals surface area contributed by atoms with Gasteiger partial charge in [-0.2, -0.15) is 0 Å². The largest absolute Gasteiger partial charge is 0.368 e. The summed E-state index contributed by atoms with van der Waals surface area (Å²) in [6, 6.07) is 12.5. The van der Waals surface area contributed by atoms with Crippen molar-refractivity contribution in [2.24, 2.45) is 0 Å². The van der Waals surface area contributed by atoms with Crippen molar-refractivity contribution in [3.63, 3.8) is 0 Å². The fourth-order valence-electron chi connectivity index (χ4n) is 1.78. The molecule has 0 radical (unpaired) electrons. The second-order valence-electron chi connectivity index (χ2n) is 4.49. The van der Waals surface area contributed by atoms with Crippen molar-refractivity contribution in [2.45, 2.75) is 19.9 Å². The highest BCUT2D eigenvalue weighted by molar-refractivity contribution is 5.71. The maximum Gasteiger partial charge on any atom is 0.295 e. The van der Waals surface area contributed by atoms with Gasteiger partial charge in [0.1, 0.15) is 5.82 Å². The van der Waals surface area contributed by atoms with Crippen LogP contribution in [-0.4, -0.2) is 15.9 Å². The van der Waals surface area contributed by atoms with Gasteiger partial charge in [-0.15, -0.1) is 0 Å². The van der Waals surface area contributed by atoms with Crippen LogP contribution in [0.1, 0.15) is 13.8 Å². The molecule has 0 aliphatic heterocycles. The zero-order valence-corrected chi connectivity index (χ0v) is 10.8. The minimum absolute atomic E-state index is 0.0144. The van der Waals surface area contributed by atoms with Crippen LogP contribution in [0.3, 0.4) is 0 Å². The van der Waals surface area contributed by atoms with Crippen LogP contribution in [0.4, 0.5) is 11.5 Å². The molecule has 1 heterocycles. The highest BCUT2D eigenvalue weighted by Crippen LogP contribution is 2.29. The molecule has 0 spiro atoms. The lowest BCUT2D eigenvalue weighted by molar-refractivity contribution is -0.384. The van der Waals surface area contributed by atoms with Crippen LogP contribution in [0.25, 0.3) is 11.3 Å². The van der Waals surface area contributed by atoms with Crippen molar-refractivity contribution in [3.05, 3.63) is 52.6 Å². The lowest BCUT2D eigenvalue weighted by Gasteiger charge is -2.10. The Morgan fingerprint density at radius 1 is 1.16 bits per heavy atom. The molecule has 98 valence electrons. The number of nitrogens with zero attached hydrogens (tertiary/aromatic N) is 2. The summed E-state index contributed by atoms with van der Waals surface area (Å²) in [5, 5.41) is 14.2. The first-order valence-corrected chi connectivity index (χ1v) is 6.05. The standard InChI is InChI=1S/C14H15N3O2/c1-10(2)15-13-9-8-12(17(18)19)14(16-13)11-6-4-3-5-7-11/h3-10H,1-2H3,(H,15,16). The zero-order chi connectivity index (χ0) is 13.8. The third kappa shape index (κ3) is 3.07. The first-order valence-electron chi connectivity index (χ1n) is 6.05. The summed E-state index contributed by atoms with van der Waals surface area (Å²) in [5.74, 6) is 0.638. The molecule has 1 aromatic carbocycles. The van der Waals surface area contributed by atoms with Gasteiger partial charge in [-0.3, -0.25) is 10.1 Å². The number of hydrogen-bond acceptors (Lipinski definition) is 4. The molecule has 19 heavy (non-hydrogen) atoms. The van der Waals surface area contributed by atoms with Crippen LogP contribution in [0.5, 0.6) is 0 Å². The number of nitro groups is 1. The van der Waals surface area contributed by atoms with Gasteiger partial charge in [0.2, 0.25) is 0 Å². The maximum atomic E-state index is 11.1. The second-order valence-corrected chi connectivity index (χ2v) is 4.49. The summed E-state index contributed by atoms with van der Waals surface area (Å²) in [6.45, 7) is 3.98. The average Bonchev–Trinajstić information content (AvgIpc) is 2.38. The molecule has 0 bridgehead atoms. The Bertz CT molecular complexity index is 582. The predicted molar refractivity (Wildman–Crippen MR) is 75.1 cm³/mol. The first-order chi connectivity index (χ1) is 9.08. The van der Waals surface area contributed by atoms with Gasteiger partial charge in [-0.25, -0.2) is 4.98 Å². The minimum atomic E-state index is -0.408. The summed E-state index contributed by atoms with van der Waals surface area (Å²) < 4.78 is 0. The molecule has 0 saturated heterocycles. The number of rotatable bonds is 4. The van der Waals surface area contributed by atoms with Crippen molar-refractivity contribution in [2.75, 3.05) is 5.32 Å². The van der Waals surface area contributed by atoms with Crippen LogP contribution < -0.4 is 5.32 Å². The molecule has 0 saturated carbocycles. The van der Waals surface area contributed by atoms with E-state index in [1.165, 1.54) is 6.07 Å². The summed E-state index contributed by atoms with van der Waals surface area (Å²) in [4.78, 5) is 15.0. The van der Waals surface area contributed by atoms with E-state index in [9.17, 15) is 10.1 Å². The number of aromatic nitrogens is 1. The molecular formula is C14H15N3O2. The number of hydrogen-bond donors (Lipinski definition) is 1. The summed E-state index contributed by atoms with van der Waals surface area (Å²) in [6.07, 6.45) is 0. The summed E-state index contributed by atoms with van der Waals surface area (Å²) in [7, 11) is 0. The molecule has 0 amide bonds. The van der Waals surface area contributed by atoms with Crippen LogP contribution >= 0.6 is 0 Å². The Labute approximate surface area is 111 Å². The molecule has 0 aliphatic rings. The van der Waals surface area contributed by atoms with Crippen LogP contribution in [0.15, 0.2) is 42.5 Å². The highest BCUT2D eigenvalue weighted by atomic mass is 16.6. The Morgan fingerprint density at radius 3 is 2.42 bits per heavy atom. The van der Waals surface area contributed by atoms with Gasteiger partial charge in [0.15, 0.2) is 5.69 Å². The van der Waals surface area contributed by atoms with E-state index in [2.05, 4.69) is 10.3 Å². The van der Waals surface area contributed by atoms with Gasteiger partial charge in [-0.1, -0.05) is 30.3 Å². The molecule has 5 nitrogen and oxygen atoms in total. The fraction of sp³-hybridized carbons (Fsp3) is 0.214. The van der Waals surface area contributed by atoms with Crippen molar-refractivity contribution in [1.82, 2.24) is 4.98 Å². The van der Waals surface area contributed by atoms with Crippen LogP contribution in [0, 0.1) is 10.1 Å². The number of anilines is 1. The normalized spacial score (nSPS) is 10.5. The van der Waals surface area contributed by atoms with E-state index >= 15 is 0 Å². The third-order valence-corrected chi connectivity index (χ3v) is 2.55. The topological polar surface area (TPSA) is 68.1 Å². The van der Waals surface area contributed by atoms with Crippen LogP contribution in [0.2, 0.25) is 0 Å². The van der Waals surface area contributed by atoms with Gasteiger partial charge >= 0.3 is 0 Å². The smallest absolute Gasteiger partial charge is 0.295 e. The van der Waals surface area contributed by atoms with Crippen molar-refractivity contribution in [3.8, 4) is 11.3 Å². The maximum absolute atomic E-state index is 11.1. The van der Waals surface area contributed by atoms with Gasteiger partial charge < -0.3 is 5.32 Å². The van der Waals surface area contributed by atoms with Gasteiger partial charge in [0.05, 0.1) is 4.92 Å². The summed E-state index contributed by atoms with van der Waals surface area (Å²) >= 11 is 0. The Kier molecular flexibility index (Phi) is 3.75. The Balaban J connectivity index is 2.51. The predicted octanol–water partition coefficient (Wildman–Crippen LogP) is 3.48. The highest BCUT2D eigenvalue weighted by Gasteiger charge is 2.17. The third-order valence-electron chi connectivity index (χ3n) is 2.55. The lowest BCUT2D eigenvalue weighted by Crippen LogP contribution is -2.11. The SMILES string of the molecule is CC(C)Nc1ccc([N+](=O)[O-])c(-c2ccccc2)n1. The van der Waals surface area contributed by atoms with Gasteiger partial charge in [-0.05, 0) is 19.9 Å². The molecule has 0 atom stereocenters. The molecule has 5 heteroatoms. The summed E-state index contributed by atoms with van der Waals surface area (Å²) in [5.41, 5.74) is 1.14. The first kappa shape index (κ1) is 13.0. The number of pyridine rings is 1. The zero-order valence-electron chi connectivity index (χ0n) is 10.8. The monoisotopic (exact) mass is 257 g/mol. The molecule has 0 aliphatic carbocycles. The van der Waals surface area contributed by atoms with Gasteiger partial charge in [0, 0.05) is 17.7 Å². The number of benzene rings is 1. The van der Waals surface area contributed by atoms with E-state index in [-0.39, 0.29) is 11.7 Å².